The number of aryl methyl sites for hydroxylation is 2. The Morgan fingerprint density at radius 2 is 2.23 bits per heavy atom. The van der Waals surface area contributed by atoms with Crippen molar-refractivity contribution in [3.05, 3.63) is 15.6 Å². The summed E-state index contributed by atoms with van der Waals surface area (Å²) in [6.07, 6.45) is 0.459. The molecule has 0 unspecified atom stereocenters. The van der Waals surface area contributed by atoms with Crippen molar-refractivity contribution < 1.29 is 4.79 Å². The van der Waals surface area contributed by atoms with Crippen molar-refractivity contribution in [1.29, 1.82) is 0 Å². The molecule has 0 aliphatic carbocycles. The quantitative estimate of drug-likeness (QED) is 0.787. The Bertz CT molecular complexity index is 287. The molecule has 0 saturated carbocycles. The Morgan fingerprint density at radius 3 is 2.69 bits per heavy atom. The Hall–Kier alpha value is -0.740. The van der Waals surface area contributed by atoms with E-state index in [1.807, 2.05) is 13.8 Å². The molecule has 1 rings (SSSR count). The van der Waals surface area contributed by atoms with Crippen LogP contribution >= 0.6 is 11.3 Å². The first-order chi connectivity index (χ1) is 6.13. The fourth-order valence-electron chi connectivity index (χ4n) is 1.04. The van der Waals surface area contributed by atoms with E-state index in [4.69, 9.17) is 0 Å². The van der Waals surface area contributed by atoms with Gasteiger partial charge in [0.2, 0.25) is 0 Å². The third kappa shape index (κ3) is 2.90. The minimum absolute atomic E-state index is 0.191. The number of carbonyl (C=O) groups excluding carboxylic acids is 1. The van der Waals surface area contributed by atoms with E-state index in [2.05, 4.69) is 10.3 Å². The summed E-state index contributed by atoms with van der Waals surface area (Å²) in [5, 5.41) is 3.76. The highest BCUT2D eigenvalue weighted by Gasteiger charge is 2.07. The molecule has 3 nitrogen and oxygen atoms in total. The van der Waals surface area contributed by atoms with E-state index in [9.17, 15) is 4.79 Å². The summed E-state index contributed by atoms with van der Waals surface area (Å²) in [6.45, 7) is 4.43. The van der Waals surface area contributed by atoms with Gasteiger partial charge in [-0.2, -0.15) is 0 Å². The molecule has 1 heterocycles. The fourth-order valence-corrected chi connectivity index (χ4v) is 2.01. The summed E-state index contributed by atoms with van der Waals surface area (Å²) in [7, 11) is 1.77. The van der Waals surface area contributed by atoms with E-state index >= 15 is 0 Å². The molecule has 72 valence electrons. The van der Waals surface area contributed by atoms with Crippen LogP contribution in [0.3, 0.4) is 0 Å². The van der Waals surface area contributed by atoms with Crippen molar-refractivity contribution in [2.45, 2.75) is 20.3 Å². The van der Waals surface area contributed by atoms with Crippen molar-refractivity contribution in [3.8, 4) is 0 Å². The zero-order valence-corrected chi connectivity index (χ0v) is 8.99. The maximum Gasteiger partial charge on any atom is 0.153 e. The standard InChI is InChI=1S/C9H14N2OS/c1-6-7(2)13-9(11-6)4-8(12)5-10-3/h10H,4-5H2,1-3H3. The van der Waals surface area contributed by atoms with Crippen LogP contribution in [0.2, 0.25) is 0 Å². The van der Waals surface area contributed by atoms with Crippen molar-refractivity contribution in [2.75, 3.05) is 13.6 Å². The number of likely N-dealkylation sites (N-methyl/N-ethyl adjacent to an activating group) is 1. The highest BCUT2D eigenvalue weighted by atomic mass is 32.1. The number of hydrogen-bond donors (Lipinski definition) is 1. The van der Waals surface area contributed by atoms with E-state index in [0.717, 1.165) is 10.7 Å². The molecule has 0 radical (unpaired) electrons. The van der Waals surface area contributed by atoms with Crippen LogP contribution < -0.4 is 5.32 Å². The molecular weight excluding hydrogens is 184 g/mol. The molecule has 13 heavy (non-hydrogen) atoms. The number of hydrogen-bond acceptors (Lipinski definition) is 4. The number of Topliss-reactive ketones (excluding diaryl/α,β-unsaturated/α-hetero) is 1. The molecule has 0 fully saturated rings. The molecule has 1 aromatic rings. The third-order valence-electron chi connectivity index (χ3n) is 1.80. The zero-order chi connectivity index (χ0) is 9.84. The molecule has 1 aromatic heterocycles. The molecule has 0 aliphatic rings. The van der Waals surface area contributed by atoms with Gasteiger partial charge >= 0.3 is 0 Å². The SMILES string of the molecule is CNCC(=O)Cc1nc(C)c(C)s1. The minimum Gasteiger partial charge on any atom is -0.313 e. The molecule has 4 heteroatoms. The molecule has 1 N–H and O–H groups in total. The van der Waals surface area contributed by atoms with Crippen LogP contribution in [0.5, 0.6) is 0 Å². The highest BCUT2D eigenvalue weighted by molar-refractivity contribution is 7.11. The van der Waals surface area contributed by atoms with E-state index in [0.29, 0.717) is 13.0 Å². The Kier molecular flexibility index (Phi) is 3.57. The summed E-state index contributed by atoms with van der Waals surface area (Å²) in [4.78, 5) is 16.7. The highest BCUT2D eigenvalue weighted by Crippen LogP contribution is 2.16. The Morgan fingerprint density at radius 1 is 1.54 bits per heavy atom. The third-order valence-corrected chi connectivity index (χ3v) is 2.87. The van der Waals surface area contributed by atoms with E-state index < -0.39 is 0 Å². The summed E-state index contributed by atoms with van der Waals surface area (Å²) < 4.78 is 0. The maximum atomic E-state index is 11.2. The van der Waals surface area contributed by atoms with Crippen molar-refractivity contribution in [2.24, 2.45) is 0 Å². The second kappa shape index (κ2) is 4.48. The summed E-state index contributed by atoms with van der Waals surface area (Å²) in [6, 6.07) is 0. The number of aromatic nitrogens is 1. The van der Waals surface area contributed by atoms with Crippen LogP contribution in [0, 0.1) is 13.8 Å². The van der Waals surface area contributed by atoms with Crippen LogP contribution in [0.25, 0.3) is 0 Å². The fraction of sp³-hybridized carbons (Fsp3) is 0.556. The predicted molar refractivity (Wildman–Crippen MR) is 54.2 cm³/mol. The smallest absolute Gasteiger partial charge is 0.153 e. The average Bonchev–Trinajstić information content (AvgIpc) is 2.31. The first-order valence-electron chi connectivity index (χ1n) is 4.22. The summed E-state index contributed by atoms with van der Waals surface area (Å²) >= 11 is 1.61. The average molecular weight is 198 g/mol. The van der Waals surface area contributed by atoms with Crippen molar-refractivity contribution in [3.63, 3.8) is 0 Å². The molecule has 0 aliphatic heterocycles. The van der Waals surface area contributed by atoms with Crippen molar-refractivity contribution in [1.82, 2.24) is 10.3 Å². The summed E-state index contributed by atoms with van der Waals surface area (Å²) in [5.41, 5.74) is 1.04. The van der Waals surface area contributed by atoms with Gasteiger partial charge in [-0.1, -0.05) is 0 Å². The summed E-state index contributed by atoms with van der Waals surface area (Å²) in [5.74, 6) is 0.191. The zero-order valence-electron chi connectivity index (χ0n) is 8.18. The number of rotatable bonds is 4. The largest absolute Gasteiger partial charge is 0.313 e. The number of thiazole rings is 1. The molecule has 0 amide bonds. The van der Waals surface area contributed by atoms with Crippen LogP contribution in [0.1, 0.15) is 15.6 Å². The number of nitrogens with one attached hydrogen (secondary N) is 1. The second-order valence-electron chi connectivity index (χ2n) is 2.99. The Labute approximate surface area is 82.2 Å². The number of nitrogens with zero attached hydrogens (tertiary/aromatic N) is 1. The van der Waals surface area contributed by atoms with Gasteiger partial charge in [0.15, 0.2) is 5.78 Å². The van der Waals surface area contributed by atoms with Gasteiger partial charge in [-0.3, -0.25) is 4.79 Å². The van der Waals surface area contributed by atoms with Gasteiger partial charge in [0, 0.05) is 4.88 Å². The number of ketones is 1. The van der Waals surface area contributed by atoms with Crippen LogP contribution in [-0.2, 0) is 11.2 Å². The first kappa shape index (κ1) is 10.3. The normalized spacial score (nSPS) is 10.4. The van der Waals surface area contributed by atoms with Gasteiger partial charge in [0.25, 0.3) is 0 Å². The lowest BCUT2D eigenvalue weighted by Crippen LogP contribution is -2.20. The molecule has 0 bridgehead atoms. The lowest BCUT2D eigenvalue weighted by Gasteiger charge is -1.94. The van der Waals surface area contributed by atoms with E-state index in [-0.39, 0.29) is 5.78 Å². The van der Waals surface area contributed by atoms with E-state index in [1.165, 1.54) is 4.88 Å². The molecular formula is C9H14N2OS. The van der Waals surface area contributed by atoms with Gasteiger partial charge in [0.1, 0.15) is 5.01 Å². The van der Waals surface area contributed by atoms with Gasteiger partial charge < -0.3 is 5.32 Å². The molecule has 0 aromatic carbocycles. The maximum absolute atomic E-state index is 11.2. The molecule has 0 spiro atoms. The van der Waals surface area contributed by atoms with Crippen LogP contribution in [-0.4, -0.2) is 24.4 Å². The lowest BCUT2D eigenvalue weighted by molar-refractivity contribution is -0.117. The van der Waals surface area contributed by atoms with Crippen LogP contribution in [0.4, 0.5) is 0 Å². The van der Waals surface area contributed by atoms with Crippen LogP contribution in [0.15, 0.2) is 0 Å². The molecule has 0 saturated heterocycles. The number of carbonyl (C=O) groups is 1. The van der Waals surface area contributed by atoms with Gasteiger partial charge in [-0.15, -0.1) is 11.3 Å². The first-order valence-corrected chi connectivity index (χ1v) is 5.04. The monoisotopic (exact) mass is 198 g/mol. The second-order valence-corrected chi connectivity index (χ2v) is 4.28. The minimum atomic E-state index is 0.191. The van der Waals surface area contributed by atoms with E-state index in [1.54, 1.807) is 18.4 Å². The lowest BCUT2D eigenvalue weighted by atomic mass is 10.3. The van der Waals surface area contributed by atoms with Gasteiger partial charge in [-0.05, 0) is 20.9 Å². The predicted octanol–water partition coefficient (Wildman–Crippen LogP) is 1.09. The molecule has 0 atom stereocenters. The van der Waals surface area contributed by atoms with Gasteiger partial charge in [-0.25, -0.2) is 4.98 Å². The topological polar surface area (TPSA) is 42.0 Å². The van der Waals surface area contributed by atoms with Gasteiger partial charge in [0.05, 0.1) is 18.7 Å². The van der Waals surface area contributed by atoms with Crippen molar-refractivity contribution >= 4 is 17.1 Å². The Balaban J connectivity index is 2.59.